The molecule has 112 valence electrons. The molecule has 7 heteroatoms. The van der Waals surface area contributed by atoms with Crippen LogP contribution in [0.4, 0.5) is 0 Å². The number of carboxylic acids is 1. The topological polar surface area (TPSA) is 74.7 Å². The summed E-state index contributed by atoms with van der Waals surface area (Å²) in [6, 6.07) is 3.10. The molecule has 0 bridgehead atoms. The third-order valence-corrected chi connectivity index (χ3v) is 7.17. The highest BCUT2D eigenvalue weighted by Gasteiger charge is 2.34. The third-order valence-electron chi connectivity index (χ3n) is 3.60. The summed E-state index contributed by atoms with van der Waals surface area (Å²) in [5.41, 5.74) is 0. The van der Waals surface area contributed by atoms with Crippen LogP contribution in [-0.4, -0.2) is 36.4 Å². The van der Waals surface area contributed by atoms with E-state index in [-0.39, 0.29) is 16.7 Å². The Balaban J connectivity index is 2.21. The molecule has 2 unspecified atom stereocenters. The summed E-state index contributed by atoms with van der Waals surface area (Å²) in [5.74, 6) is -0.404. The fraction of sp³-hybridized carbons (Fsp3) is 0.615. The van der Waals surface area contributed by atoms with Gasteiger partial charge in [-0.15, -0.1) is 11.3 Å². The predicted octanol–water partition coefficient (Wildman–Crippen LogP) is 2.18. The lowest BCUT2D eigenvalue weighted by molar-refractivity contribution is -0.136. The summed E-state index contributed by atoms with van der Waals surface area (Å²) in [7, 11) is -3.49. The number of sulfonamides is 1. The molecule has 0 spiro atoms. The van der Waals surface area contributed by atoms with Crippen molar-refractivity contribution in [3.63, 3.8) is 0 Å². The number of nitrogens with zero attached hydrogens (tertiary/aromatic N) is 1. The molecule has 2 rings (SSSR count). The first kappa shape index (κ1) is 15.5. The Morgan fingerprint density at radius 3 is 2.75 bits per heavy atom. The highest BCUT2D eigenvalue weighted by molar-refractivity contribution is 7.91. The number of hydrogen-bond acceptors (Lipinski definition) is 4. The maximum Gasteiger partial charge on any atom is 0.308 e. The van der Waals surface area contributed by atoms with Crippen molar-refractivity contribution in [1.29, 1.82) is 0 Å². The second-order valence-electron chi connectivity index (χ2n) is 5.39. The van der Waals surface area contributed by atoms with E-state index >= 15 is 0 Å². The molecule has 1 aliphatic heterocycles. The van der Waals surface area contributed by atoms with Gasteiger partial charge < -0.3 is 5.11 Å². The average Bonchev–Trinajstić information content (AvgIpc) is 2.76. The van der Waals surface area contributed by atoms with Crippen LogP contribution >= 0.6 is 11.3 Å². The van der Waals surface area contributed by atoms with Crippen molar-refractivity contribution in [3.05, 3.63) is 17.0 Å². The van der Waals surface area contributed by atoms with Crippen molar-refractivity contribution in [2.24, 2.45) is 5.92 Å². The van der Waals surface area contributed by atoms with Gasteiger partial charge in [-0.2, -0.15) is 4.31 Å². The van der Waals surface area contributed by atoms with E-state index in [2.05, 4.69) is 6.92 Å². The minimum Gasteiger partial charge on any atom is -0.481 e. The molecule has 0 amide bonds. The molecule has 1 saturated heterocycles. The minimum atomic E-state index is -3.49. The quantitative estimate of drug-likeness (QED) is 0.923. The lowest BCUT2D eigenvalue weighted by Crippen LogP contribution is -2.43. The Morgan fingerprint density at radius 1 is 1.45 bits per heavy atom. The maximum atomic E-state index is 12.6. The number of carboxylic acid groups (broad SMARTS) is 1. The van der Waals surface area contributed by atoms with Gasteiger partial charge in [-0.05, 0) is 37.8 Å². The molecule has 0 radical (unpaired) electrons. The van der Waals surface area contributed by atoms with Gasteiger partial charge in [0.2, 0.25) is 0 Å². The van der Waals surface area contributed by atoms with Crippen molar-refractivity contribution in [2.45, 2.75) is 43.4 Å². The number of rotatable bonds is 4. The van der Waals surface area contributed by atoms with Crippen molar-refractivity contribution in [2.75, 3.05) is 6.54 Å². The monoisotopic (exact) mass is 317 g/mol. The van der Waals surface area contributed by atoms with Gasteiger partial charge in [0, 0.05) is 17.5 Å². The zero-order valence-corrected chi connectivity index (χ0v) is 13.2. The lowest BCUT2D eigenvalue weighted by Gasteiger charge is -2.35. The van der Waals surface area contributed by atoms with E-state index in [4.69, 9.17) is 5.11 Å². The normalized spacial score (nSPS) is 24.7. The molecule has 1 fully saturated rings. The third kappa shape index (κ3) is 3.21. The Hall–Kier alpha value is -0.920. The van der Waals surface area contributed by atoms with Gasteiger partial charge >= 0.3 is 5.97 Å². The number of thiophene rings is 1. The summed E-state index contributed by atoms with van der Waals surface area (Å²) in [6.07, 6.45) is 1.61. The first-order valence-electron chi connectivity index (χ1n) is 6.63. The van der Waals surface area contributed by atoms with Gasteiger partial charge in [-0.3, -0.25) is 4.79 Å². The summed E-state index contributed by atoms with van der Waals surface area (Å²) >= 11 is 1.05. The summed E-state index contributed by atoms with van der Waals surface area (Å²) in [5, 5.41) is 8.75. The van der Waals surface area contributed by atoms with Crippen molar-refractivity contribution < 1.29 is 18.3 Å². The van der Waals surface area contributed by atoms with Crippen LogP contribution < -0.4 is 0 Å². The highest BCUT2D eigenvalue weighted by Crippen LogP contribution is 2.31. The van der Waals surface area contributed by atoms with Gasteiger partial charge in [0.15, 0.2) is 0 Å². The van der Waals surface area contributed by atoms with Crippen molar-refractivity contribution in [3.8, 4) is 0 Å². The molecular formula is C13H19NO4S2. The SMILES string of the molecule is CC1CCN(S(=O)(=O)c2ccc(CC(=O)O)s2)C(C)C1. The zero-order valence-electron chi connectivity index (χ0n) is 11.6. The van der Waals surface area contributed by atoms with Crippen molar-refractivity contribution in [1.82, 2.24) is 4.31 Å². The van der Waals surface area contributed by atoms with Gasteiger partial charge in [0.05, 0.1) is 6.42 Å². The van der Waals surface area contributed by atoms with Crippen LogP contribution in [0.2, 0.25) is 0 Å². The zero-order chi connectivity index (χ0) is 14.9. The smallest absolute Gasteiger partial charge is 0.308 e. The summed E-state index contributed by atoms with van der Waals surface area (Å²) in [4.78, 5) is 11.2. The maximum absolute atomic E-state index is 12.6. The van der Waals surface area contributed by atoms with E-state index in [1.54, 1.807) is 10.4 Å². The fourth-order valence-corrected chi connectivity index (χ4v) is 5.73. The van der Waals surface area contributed by atoms with Crippen LogP contribution in [0.25, 0.3) is 0 Å². The molecule has 2 atom stereocenters. The molecule has 2 heterocycles. The molecule has 0 aliphatic carbocycles. The molecular weight excluding hydrogens is 298 g/mol. The second-order valence-corrected chi connectivity index (χ2v) is 8.67. The molecule has 1 N–H and O–H groups in total. The summed E-state index contributed by atoms with van der Waals surface area (Å²) in [6.45, 7) is 4.60. The molecule has 1 aliphatic rings. The Morgan fingerprint density at radius 2 is 2.15 bits per heavy atom. The first-order valence-corrected chi connectivity index (χ1v) is 8.88. The first-order chi connectivity index (χ1) is 9.30. The van der Waals surface area contributed by atoms with Crippen LogP contribution in [0.5, 0.6) is 0 Å². The van der Waals surface area contributed by atoms with Crippen LogP contribution in [0.3, 0.4) is 0 Å². The fourth-order valence-electron chi connectivity index (χ4n) is 2.60. The molecule has 1 aromatic heterocycles. The van der Waals surface area contributed by atoms with Gasteiger partial charge in [-0.1, -0.05) is 6.92 Å². The van der Waals surface area contributed by atoms with Gasteiger partial charge in [0.25, 0.3) is 10.0 Å². The largest absolute Gasteiger partial charge is 0.481 e. The lowest BCUT2D eigenvalue weighted by atomic mass is 9.95. The van der Waals surface area contributed by atoms with Crippen LogP contribution in [-0.2, 0) is 21.2 Å². The molecule has 0 aromatic carbocycles. The molecule has 1 aromatic rings. The highest BCUT2D eigenvalue weighted by atomic mass is 32.2. The standard InChI is InChI=1S/C13H19NO4S2/c1-9-5-6-14(10(2)7-9)20(17,18)13-4-3-11(19-13)8-12(15)16/h3-4,9-10H,5-8H2,1-2H3,(H,15,16). The van der Waals surface area contributed by atoms with E-state index in [1.807, 2.05) is 6.92 Å². The minimum absolute atomic E-state index is 0.00577. The van der Waals surface area contributed by atoms with E-state index < -0.39 is 16.0 Å². The van der Waals surface area contributed by atoms with Crippen LogP contribution in [0, 0.1) is 5.92 Å². The van der Waals surface area contributed by atoms with E-state index in [9.17, 15) is 13.2 Å². The molecule has 20 heavy (non-hydrogen) atoms. The Bertz CT molecular complexity index is 593. The van der Waals surface area contributed by atoms with Crippen LogP contribution in [0.15, 0.2) is 16.3 Å². The Kier molecular flexibility index (Phi) is 4.51. The average molecular weight is 317 g/mol. The van der Waals surface area contributed by atoms with E-state index in [0.29, 0.717) is 17.3 Å². The Labute approximate surface area is 123 Å². The number of hydrogen-bond donors (Lipinski definition) is 1. The molecule has 5 nitrogen and oxygen atoms in total. The number of carbonyl (C=O) groups is 1. The van der Waals surface area contributed by atoms with Crippen molar-refractivity contribution >= 4 is 27.3 Å². The number of aliphatic carboxylic acids is 1. The van der Waals surface area contributed by atoms with Crippen LogP contribution in [0.1, 0.15) is 31.6 Å². The summed E-state index contributed by atoms with van der Waals surface area (Å²) < 4.78 is 27.0. The van der Waals surface area contributed by atoms with E-state index in [1.165, 1.54) is 6.07 Å². The second kappa shape index (κ2) is 5.83. The predicted molar refractivity (Wildman–Crippen MR) is 77.4 cm³/mol. The van der Waals surface area contributed by atoms with Gasteiger partial charge in [0.1, 0.15) is 4.21 Å². The van der Waals surface area contributed by atoms with Gasteiger partial charge in [-0.25, -0.2) is 8.42 Å². The molecule has 0 saturated carbocycles. The number of piperidine rings is 1. The van der Waals surface area contributed by atoms with E-state index in [0.717, 1.165) is 24.2 Å².